The Bertz CT molecular complexity index is 959. The molecule has 1 N–H and O–H groups in total. The quantitative estimate of drug-likeness (QED) is 0.394. The summed E-state index contributed by atoms with van der Waals surface area (Å²) in [4.78, 5) is 24.0. The molecule has 0 bridgehead atoms. The fraction of sp³-hybridized carbons (Fsp3) is 0.111. The summed E-state index contributed by atoms with van der Waals surface area (Å²) in [6.45, 7) is 0. The minimum atomic E-state index is -0.574. The Morgan fingerprint density at radius 3 is 2.73 bits per heavy atom. The van der Waals surface area contributed by atoms with E-state index in [-0.39, 0.29) is 11.8 Å². The number of aromatic nitrogens is 2. The monoisotopic (exact) mass is 383 g/mol. The van der Waals surface area contributed by atoms with Gasteiger partial charge >= 0.3 is 5.97 Å². The van der Waals surface area contributed by atoms with Crippen molar-refractivity contribution in [3.63, 3.8) is 0 Å². The molecule has 0 aliphatic carbocycles. The zero-order chi connectivity index (χ0) is 17.9. The lowest BCUT2D eigenvalue weighted by Gasteiger charge is -2.10. The van der Waals surface area contributed by atoms with Gasteiger partial charge in [0, 0.05) is 11.1 Å². The van der Waals surface area contributed by atoms with E-state index in [0.717, 1.165) is 5.56 Å². The molecular weight excluding hydrogens is 370 g/mol. The number of ether oxygens (including phenoxy) is 1. The molecule has 0 amide bonds. The number of cyclic esters (lactones) is 1. The summed E-state index contributed by atoms with van der Waals surface area (Å²) in [6, 6.07) is 16.4. The first-order valence-corrected chi connectivity index (χ1v) is 9.62. The number of rotatable bonds is 6. The van der Waals surface area contributed by atoms with Crippen molar-refractivity contribution >= 4 is 40.0 Å². The summed E-state index contributed by atoms with van der Waals surface area (Å²) in [5.74, 6) is -0.0236. The minimum Gasteiger partial charge on any atom is -0.434 e. The number of carbonyl (C=O) groups is 2. The summed E-state index contributed by atoms with van der Waals surface area (Å²) in [6.07, 6.45) is -0.574. The molecule has 1 atom stereocenters. The van der Waals surface area contributed by atoms with Crippen LogP contribution < -0.4 is 5.32 Å². The number of hydrogen-bond acceptors (Lipinski definition) is 8. The maximum atomic E-state index is 12.1. The Kier molecular flexibility index (Phi) is 4.68. The second-order valence-corrected chi connectivity index (χ2v) is 7.67. The molecule has 0 saturated heterocycles. The number of ketones is 1. The molecule has 26 heavy (non-hydrogen) atoms. The van der Waals surface area contributed by atoms with E-state index in [1.807, 2.05) is 30.3 Å². The Morgan fingerprint density at radius 2 is 1.88 bits per heavy atom. The van der Waals surface area contributed by atoms with Crippen LogP contribution in [0.2, 0.25) is 0 Å². The summed E-state index contributed by atoms with van der Waals surface area (Å²) in [7, 11) is 0. The van der Waals surface area contributed by atoms with Crippen LogP contribution >= 0.6 is 23.1 Å². The van der Waals surface area contributed by atoms with Gasteiger partial charge in [-0.3, -0.25) is 4.79 Å². The van der Waals surface area contributed by atoms with Crippen molar-refractivity contribution in [1.29, 1.82) is 0 Å². The molecule has 1 aromatic heterocycles. The molecule has 0 radical (unpaired) electrons. The molecule has 1 unspecified atom stereocenters. The smallest absolute Gasteiger partial charge is 0.340 e. The third-order valence-electron chi connectivity index (χ3n) is 3.77. The average Bonchev–Trinajstić information content (AvgIpc) is 3.26. The minimum absolute atomic E-state index is 0.0407. The highest BCUT2D eigenvalue weighted by molar-refractivity contribution is 8.01. The Labute approximate surface area is 157 Å². The van der Waals surface area contributed by atoms with Crippen molar-refractivity contribution in [2.24, 2.45) is 0 Å². The summed E-state index contributed by atoms with van der Waals surface area (Å²) in [5, 5.41) is 11.7. The molecule has 2 aromatic carbocycles. The van der Waals surface area contributed by atoms with Gasteiger partial charge in [-0.1, -0.05) is 71.6 Å². The number of benzene rings is 2. The Morgan fingerprint density at radius 1 is 1.12 bits per heavy atom. The maximum Gasteiger partial charge on any atom is 0.340 e. The molecule has 6 nitrogen and oxygen atoms in total. The molecule has 2 heterocycles. The summed E-state index contributed by atoms with van der Waals surface area (Å²) in [5.41, 5.74) is 2.01. The third-order valence-corrected chi connectivity index (χ3v) is 5.76. The highest BCUT2D eigenvalue weighted by atomic mass is 32.2. The van der Waals surface area contributed by atoms with Gasteiger partial charge in [0.15, 0.2) is 10.1 Å². The van der Waals surface area contributed by atoms with Crippen LogP contribution in [0.5, 0.6) is 0 Å². The lowest BCUT2D eigenvalue weighted by Crippen LogP contribution is -2.09. The lowest BCUT2D eigenvalue weighted by atomic mass is 10.1. The first-order valence-electron chi connectivity index (χ1n) is 7.82. The van der Waals surface area contributed by atoms with Crippen LogP contribution in [0.1, 0.15) is 32.5 Å². The summed E-state index contributed by atoms with van der Waals surface area (Å²) < 4.78 is 6.00. The van der Waals surface area contributed by atoms with Gasteiger partial charge < -0.3 is 10.1 Å². The number of anilines is 1. The SMILES string of the molecule is O=C(CSc1nnc(NC2OC(=O)c3ccccc32)s1)c1ccccc1. The van der Waals surface area contributed by atoms with Crippen LogP contribution in [-0.2, 0) is 4.74 Å². The fourth-order valence-electron chi connectivity index (χ4n) is 2.53. The molecule has 1 aliphatic heterocycles. The van der Waals surface area contributed by atoms with Gasteiger partial charge in [-0.05, 0) is 6.07 Å². The molecule has 130 valence electrons. The number of esters is 1. The van der Waals surface area contributed by atoms with Crippen LogP contribution in [-0.4, -0.2) is 27.7 Å². The highest BCUT2D eigenvalue weighted by Crippen LogP contribution is 2.33. The van der Waals surface area contributed by atoms with E-state index >= 15 is 0 Å². The fourth-order valence-corrected chi connectivity index (χ4v) is 4.19. The van der Waals surface area contributed by atoms with E-state index in [0.29, 0.717) is 26.4 Å². The zero-order valence-corrected chi connectivity index (χ0v) is 15.0. The van der Waals surface area contributed by atoms with Crippen molar-refractivity contribution in [2.75, 3.05) is 11.1 Å². The molecule has 0 fully saturated rings. The van der Waals surface area contributed by atoms with E-state index < -0.39 is 6.23 Å². The number of hydrogen-bond donors (Lipinski definition) is 1. The number of nitrogens with zero attached hydrogens (tertiary/aromatic N) is 2. The van der Waals surface area contributed by atoms with Gasteiger partial charge in [0.05, 0.1) is 11.3 Å². The topological polar surface area (TPSA) is 81.2 Å². The van der Waals surface area contributed by atoms with Crippen LogP contribution in [0.4, 0.5) is 5.13 Å². The molecule has 8 heteroatoms. The predicted molar refractivity (Wildman–Crippen MR) is 99.6 cm³/mol. The van der Waals surface area contributed by atoms with Gasteiger partial charge in [0.25, 0.3) is 0 Å². The number of nitrogens with one attached hydrogen (secondary N) is 1. The van der Waals surface area contributed by atoms with Gasteiger partial charge in [0.1, 0.15) is 0 Å². The van der Waals surface area contributed by atoms with Crippen molar-refractivity contribution in [3.05, 3.63) is 71.3 Å². The Balaban J connectivity index is 1.38. The summed E-state index contributed by atoms with van der Waals surface area (Å²) >= 11 is 2.65. The molecule has 0 saturated carbocycles. The standard InChI is InChI=1S/C18H13N3O3S2/c22-14(11-6-2-1-3-7-11)10-25-18-21-20-17(26-18)19-15-12-8-4-5-9-13(12)16(23)24-15/h1-9,15H,10H2,(H,19,20). The van der Waals surface area contributed by atoms with E-state index in [1.54, 1.807) is 24.3 Å². The van der Waals surface area contributed by atoms with E-state index in [1.165, 1.54) is 23.1 Å². The van der Waals surface area contributed by atoms with Crippen LogP contribution in [0.15, 0.2) is 58.9 Å². The molecule has 4 rings (SSSR count). The zero-order valence-electron chi connectivity index (χ0n) is 13.4. The predicted octanol–water partition coefficient (Wildman–Crippen LogP) is 3.79. The largest absolute Gasteiger partial charge is 0.434 e. The van der Waals surface area contributed by atoms with Crippen molar-refractivity contribution in [1.82, 2.24) is 10.2 Å². The van der Waals surface area contributed by atoms with Gasteiger partial charge in [0.2, 0.25) is 11.4 Å². The van der Waals surface area contributed by atoms with Gasteiger partial charge in [-0.25, -0.2) is 4.79 Å². The first-order chi connectivity index (χ1) is 12.7. The van der Waals surface area contributed by atoms with Gasteiger partial charge in [-0.2, -0.15) is 0 Å². The van der Waals surface area contributed by atoms with Crippen LogP contribution in [0.3, 0.4) is 0 Å². The normalized spacial score (nSPS) is 15.4. The van der Waals surface area contributed by atoms with Crippen LogP contribution in [0, 0.1) is 0 Å². The number of Topliss-reactive ketones (excluding diaryl/α,β-unsaturated/α-hetero) is 1. The molecule has 3 aromatic rings. The van der Waals surface area contributed by atoms with Crippen molar-refractivity contribution in [3.8, 4) is 0 Å². The van der Waals surface area contributed by atoms with E-state index in [2.05, 4.69) is 15.5 Å². The van der Waals surface area contributed by atoms with E-state index in [9.17, 15) is 9.59 Å². The van der Waals surface area contributed by atoms with Crippen molar-refractivity contribution in [2.45, 2.75) is 10.6 Å². The second kappa shape index (κ2) is 7.27. The lowest BCUT2D eigenvalue weighted by molar-refractivity contribution is 0.0437. The first kappa shape index (κ1) is 16.7. The molecular formula is C18H13N3O3S2. The van der Waals surface area contributed by atoms with E-state index in [4.69, 9.17) is 4.74 Å². The third kappa shape index (κ3) is 3.47. The molecule has 0 spiro atoms. The molecule has 1 aliphatic rings. The van der Waals surface area contributed by atoms with Crippen LogP contribution in [0.25, 0.3) is 0 Å². The van der Waals surface area contributed by atoms with Crippen molar-refractivity contribution < 1.29 is 14.3 Å². The Hall–Kier alpha value is -2.71. The second-order valence-electron chi connectivity index (χ2n) is 5.47. The number of fused-ring (bicyclic) bond motifs is 1. The maximum absolute atomic E-state index is 12.1. The number of thioether (sulfide) groups is 1. The number of carbonyl (C=O) groups excluding carboxylic acids is 2. The highest BCUT2D eigenvalue weighted by Gasteiger charge is 2.31. The average molecular weight is 383 g/mol. The van der Waals surface area contributed by atoms with Gasteiger partial charge in [-0.15, -0.1) is 10.2 Å².